The van der Waals surface area contributed by atoms with Crippen molar-refractivity contribution in [3.05, 3.63) is 29.8 Å². The maximum atomic E-state index is 12.9. The van der Waals surface area contributed by atoms with Gasteiger partial charge in [0.05, 0.1) is 0 Å². The molecule has 0 aliphatic carbocycles. The molecule has 1 heterocycles. The highest BCUT2D eigenvalue weighted by molar-refractivity contribution is 5.92. The number of hydrogen-bond donors (Lipinski definition) is 4. The highest BCUT2D eigenvalue weighted by atomic mass is 16.4. The molecular formula is C21H31N3O5. The molecule has 0 spiro atoms. The number of hydrogen-bond acceptors (Lipinski definition) is 5. The van der Waals surface area contributed by atoms with Gasteiger partial charge in [0.1, 0.15) is 17.8 Å². The number of likely N-dealkylation sites (tertiary alicyclic amines) is 1. The largest absolute Gasteiger partial charge is 0.508 e. The van der Waals surface area contributed by atoms with E-state index in [0.717, 1.165) is 12.8 Å². The van der Waals surface area contributed by atoms with Gasteiger partial charge in [-0.05, 0) is 50.4 Å². The van der Waals surface area contributed by atoms with E-state index in [1.807, 2.05) is 6.92 Å². The Hall–Kier alpha value is -2.61. The third-order valence-electron chi connectivity index (χ3n) is 5.45. The zero-order valence-corrected chi connectivity index (χ0v) is 17.0. The van der Waals surface area contributed by atoms with Gasteiger partial charge in [0.15, 0.2) is 0 Å². The molecule has 0 aromatic heterocycles. The van der Waals surface area contributed by atoms with Gasteiger partial charge in [0.25, 0.3) is 0 Å². The molecule has 4 unspecified atom stereocenters. The van der Waals surface area contributed by atoms with Gasteiger partial charge in [0.2, 0.25) is 11.8 Å². The van der Waals surface area contributed by atoms with Crippen molar-refractivity contribution in [2.75, 3.05) is 6.54 Å². The topological polar surface area (TPSA) is 133 Å². The number of carbonyl (C=O) groups excluding carboxylic acids is 2. The van der Waals surface area contributed by atoms with Crippen LogP contribution in [0.3, 0.4) is 0 Å². The molecular weight excluding hydrogens is 374 g/mol. The van der Waals surface area contributed by atoms with E-state index in [2.05, 4.69) is 5.32 Å². The summed E-state index contributed by atoms with van der Waals surface area (Å²) in [6, 6.07) is 4.19. The first-order chi connectivity index (χ1) is 13.7. The van der Waals surface area contributed by atoms with Crippen molar-refractivity contribution in [1.29, 1.82) is 0 Å². The maximum Gasteiger partial charge on any atom is 0.326 e. The minimum absolute atomic E-state index is 0.0922. The van der Waals surface area contributed by atoms with Gasteiger partial charge >= 0.3 is 5.97 Å². The Morgan fingerprint density at radius 1 is 1.28 bits per heavy atom. The zero-order chi connectivity index (χ0) is 21.6. The molecule has 1 aliphatic heterocycles. The van der Waals surface area contributed by atoms with E-state index in [1.165, 1.54) is 17.0 Å². The number of carbonyl (C=O) groups is 3. The quantitative estimate of drug-likeness (QED) is 0.433. The van der Waals surface area contributed by atoms with Gasteiger partial charge in [-0.1, -0.05) is 25.5 Å². The van der Waals surface area contributed by atoms with E-state index in [9.17, 15) is 24.6 Å². The summed E-state index contributed by atoms with van der Waals surface area (Å²) in [6.45, 7) is 4.19. The predicted molar refractivity (Wildman–Crippen MR) is 108 cm³/mol. The van der Waals surface area contributed by atoms with Crippen molar-refractivity contribution in [1.82, 2.24) is 10.2 Å². The van der Waals surface area contributed by atoms with Gasteiger partial charge in [-0.25, -0.2) is 4.79 Å². The number of aromatic hydroxyl groups is 1. The van der Waals surface area contributed by atoms with Crippen molar-refractivity contribution in [2.45, 2.75) is 64.1 Å². The highest BCUT2D eigenvalue weighted by Gasteiger charge is 2.44. The Bertz CT molecular complexity index is 722. The molecule has 1 aliphatic rings. The molecule has 4 atom stereocenters. The van der Waals surface area contributed by atoms with Crippen LogP contribution in [0.2, 0.25) is 0 Å². The molecule has 0 saturated carbocycles. The van der Waals surface area contributed by atoms with Crippen LogP contribution in [0.4, 0.5) is 0 Å². The van der Waals surface area contributed by atoms with Gasteiger partial charge in [-0.2, -0.15) is 0 Å². The van der Waals surface area contributed by atoms with Crippen LogP contribution in [-0.2, 0) is 20.8 Å². The predicted octanol–water partition coefficient (Wildman–Crippen LogP) is 1.26. The van der Waals surface area contributed by atoms with Crippen LogP contribution in [0.1, 0.15) is 45.1 Å². The first-order valence-corrected chi connectivity index (χ1v) is 10.1. The second kappa shape index (κ2) is 10.2. The molecule has 1 saturated heterocycles. The van der Waals surface area contributed by atoms with Crippen LogP contribution < -0.4 is 11.1 Å². The van der Waals surface area contributed by atoms with E-state index in [4.69, 9.17) is 5.73 Å². The summed E-state index contributed by atoms with van der Waals surface area (Å²) in [5.74, 6) is -1.80. The first kappa shape index (κ1) is 22.7. The Balaban J connectivity index is 2.04. The molecule has 2 rings (SSSR count). The van der Waals surface area contributed by atoms with Gasteiger partial charge in [-0.3, -0.25) is 9.59 Å². The lowest BCUT2D eigenvalue weighted by Gasteiger charge is -2.29. The summed E-state index contributed by atoms with van der Waals surface area (Å²) in [5.41, 5.74) is 6.18. The summed E-state index contributed by atoms with van der Waals surface area (Å²) in [6.07, 6.45) is 2.89. The molecule has 160 valence electrons. The van der Waals surface area contributed by atoms with Crippen LogP contribution in [0.25, 0.3) is 0 Å². The van der Waals surface area contributed by atoms with E-state index < -0.39 is 18.1 Å². The average Bonchev–Trinajstić information content (AvgIpc) is 2.94. The zero-order valence-electron chi connectivity index (χ0n) is 17.0. The van der Waals surface area contributed by atoms with Crippen LogP contribution >= 0.6 is 0 Å². The number of phenolic OH excluding ortho intramolecular Hbond substituents is 1. The number of carboxylic acids is 1. The van der Waals surface area contributed by atoms with Crippen molar-refractivity contribution in [2.24, 2.45) is 11.7 Å². The fraction of sp³-hybridized carbons (Fsp3) is 0.571. The minimum atomic E-state index is -1.10. The molecule has 1 aromatic rings. The summed E-state index contributed by atoms with van der Waals surface area (Å²) in [4.78, 5) is 38.6. The Morgan fingerprint density at radius 3 is 2.52 bits per heavy atom. The van der Waals surface area contributed by atoms with E-state index in [-0.39, 0.29) is 35.9 Å². The smallest absolute Gasteiger partial charge is 0.326 e. The molecule has 8 nitrogen and oxygen atoms in total. The number of unbranched alkanes of at least 4 members (excludes halogenated alkanes) is 1. The standard InChI is InChI=1S/C21H31N3O5/c1-13(5-3-4-10-22)19(26)23-17-11-14(2)24(20(17)27)18(21(28)29)12-15-6-8-16(25)9-7-15/h6-9,13-14,17-18,25H,3-5,10-12,22H2,1-2H3,(H,23,26)(H,28,29). The van der Waals surface area contributed by atoms with E-state index >= 15 is 0 Å². The van der Waals surface area contributed by atoms with Gasteiger partial charge in [-0.15, -0.1) is 0 Å². The molecule has 1 fully saturated rings. The summed E-state index contributed by atoms with van der Waals surface area (Å²) >= 11 is 0. The summed E-state index contributed by atoms with van der Waals surface area (Å²) in [5, 5.41) is 21.9. The second-order valence-electron chi connectivity index (χ2n) is 7.80. The fourth-order valence-corrected chi connectivity index (χ4v) is 3.73. The summed E-state index contributed by atoms with van der Waals surface area (Å²) in [7, 11) is 0. The number of amides is 2. The Morgan fingerprint density at radius 2 is 1.93 bits per heavy atom. The monoisotopic (exact) mass is 405 g/mol. The SMILES string of the molecule is CC(CCCCN)C(=O)NC1CC(C)N(C(Cc2ccc(O)cc2)C(=O)O)C1=O. The normalized spacial score (nSPS) is 21.1. The molecule has 0 bridgehead atoms. The van der Waals surface area contributed by atoms with Crippen LogP contribution in [-0.4, -0.2) is 57.6 Å². The molecule has 29 heavy (non-hydrogen) atoms. The Labute approximate surface area is 171 Å². The highest BCUT2D eigenvalue weighted by Crippen LogP contribution is 2.25. The lowest BCUT2D eigenvalue weighted by Crippen LogP contribution is -2.50. The van der Waals surface area contributed by atoms with Gasteiger partial charge in [0, 0.05) is 18.4 Å². The average molecular weight is 405 g/mol. The van der Waals surface area contributed by atoms with E-state index in [0.29, 0.717) is 24.9 Å². The van der Waals surface area contributed by atoms with Crippen LogP contribution in [0.5, 0.6) is 5.75 Å². The number of aliphatic carboxylic acids is 1. The van der Waals surface area contributed by atoms with Crippen molar-refractivity contribution in [3.63, 3.8) is 0 Å². The number of benzene rings is 1. The minimum Gasteiger partial charge on any atom is -0.508 e. The van der Waals surface area contributed by atoms with Crippen molar-refractivity contribution < 1.29 is 24.6 Å². The molecule has 0 radical (unpaired) electrons. The van der Waals surface area contributed by atoms with Crippen molar-refractivity contribution >= 4 is 17.8 Å². The maximum absolute atomic E-state index is 12.9. The van der Waals surface area contributed by atoms with E-state index in [1.54, 1.807) is 19.1 Å². The number of nitrogens with two attached hydrogens (primary N) is 1. The number of rotatable bonds is 10. The number of nitrogens with one attached hydrogen (secondary N) is 1. The molecule has 5 N–H and O–H groups in total. The number of phenols is 1. The lowest BCUT2D eigenvalue weighted by atomic mass is 10.0. The number of nitrogens with zero attached hydrogens (tertiary/aromatic N) is 1. The third-order valence-corrected chi connectivity index (χ3v) is 5.45. The van der Waals surface area contributed by atoms with Crippen molar-refractivity contribution in [3.8, 4) is 5.75 Å². The summed E-state index contributed by atoms with van der Waals surface area (Å²) < 4.78 is 0. The van der Waals surface area contributed by atoms with Crippen LogP contribution in [0.15, 0.2) is 24.3 Å². The molecule has 8 heteroatoms. The third kappa shape index (κ3) is 5.93. The van der Waals surface area contributed by atoms with Crippen LogP contribution in [0, 0.1) is 5.92 Å². The molecule has 1 aromatic carbocycles. The van der Waals surface area contributed by atoms with Gasteiger partial charge < -0.3 is 26.2 Å². The Kier molecular flexibility index (Phi) is 8.01. The fourth-order valence-electron chi connectivity index (χ4n) is 3.73. The lowest BCUT2D eigenvalue weighted by molar-refractivity contribution is -0.150. The second-order valence-corrected chi connectivity index (χ2v) is 7.80. The number of carboxylic acid groups (broad SMARTS) is 1. The first-order valence-electron chi connectivity index (χ1n) is 10.1. The molecule has 2 amide bonds.